The lowest BCUT2D eigenvalue weighted by molar-refractivity contribution is -0.190. The third kappa shape index (κ3) is 5.15. The lowest BCUT2D eigenvalue weighted by Gasteiger charge is -2.62. The van der Waals surface area contributed by atoms with Gasteiger partial charge >= 0.3 is 11.9 Å². The van der Waals surface area contributed by atoms with Gasteiger partial charge in [0.15, 0.2) is 0 Å². The van der Waals surface area contributed by atoms with Gasteiger partial charge in [-0.05, 0) is 84.2 Å². The van der Waals surface area contributed by atoms with E-state index in [1.165, 1.54) is 29.2 Å². The normalized spacial score (nSPS) is 38.4. The fraction of sp³-hybridized carbons (Fsp3) is 0.771. The van der Waals surface area contributed by atoms with E-state index in [9.17, 15) is 14.7 Å². The van der Waals surface area contributed by atoms with Gasteiger partial charge in [-0.1, -0.05) is 79.2 Å². The van der Waals surface area contributed by atoms with Crippen molar-refractivity contribution in [2.75, 3.05) is 6.54 Å². The molecule has 6 nitrogen and oxygen atoms in total. The number of carbonyl (C=O) groups excluding carboxylic acids is 2. The monoisotopic (exact) mass is 569 g/mol. The van der Waals surface area contributed by atoms with Gasteiger partial charge in [0.1, 0.15) is 12.2 Å². The molecule has 4 aliphatic carbocycles. The Bertz CT molecular complexity index is 1130. The summed E-state index contributed by atoms with van der Waals surface area (Å²) >= 11 is 0. The van der Waals surface area contributed by atoms with E-state index in [1.807, 2.05) is 0 Å². The standard InChI is InChI=1S/C35H55NO5/c1-19(2)20(3)11-12-21(4)25-14-15-26-24-13-16-28-33(7,8)31(39)27(41-29(38)18-36)17-34(28,9)30(24)22(5)32(35(25,26)10)40-23(6)37/h15,19,21-22,25,27-28,31-32,39H,3,11-14,16-18,36H2,1-2,4-10H3/t21-,22-,25-,27-,28+,31+,32+,34?,35?/m1/s1. The highest BCUT2D eigenvalue weighted by atomic mass is 16.6. The zero-order valence-corrected chi connectivity index (χ0v) is 27.0. The summed E-state index contributed by atoms with van der Waals surface area (Å²) in [4.78, 5) is 25.0. The van der Waals surface area contributed by atoms with Gasteiger partial charge in [0.2, 0.25) is 0 Å². The largest absolute Gasteiger partial charge is 0.461 e. The molecule has 1 fully saturated rings. The summed E-state index contributed by atoms with van der Waals surface area (Å²) in [6.45, 7) is 23.5. The van der Waals surface area contributed by atoms with Crippen LogP contribution >= 0.6 is 0 Å². The van der Waals surface area contributed by atoms with Crippen LogP contribution in [0.5, 0.6) is 0 Å². The van der Waals surface area contributed by atoms with Crippen molar-refractivity contribution in [3.63, 3.8) is 0 Å². The van der Waals surface area contributed by atoms with Crippen LogP contribution in [0.1, 0.15) is 101 Å². The first-order valence-electron chi connectivity index (χ1n) is 15.9. The van der Waals surface area contributed by atoms with Gasteiger partial charge in [0, 0.05) is 18.3 Å². The highest BCUT2D eigenvalue weighted by molar-refractivity contribution is 5.71. The van der Waals surface area contributed by atoms with E-state index in [0.717, 1.165) is 32.1 Å². The number of rotatable bonds is 8. The third-order valence-corrected chi connectivity index (χ3v) is 11.9. The highest BCUT2D eigenvalue weighted by Crippen LogP contribution is 2.68. The third-order valence-electron chi connectivity index (χ3n) is 11.9. The number of carbonyl (C=O) groups is 2. The van der Waals surface area contributed by atoms with Crippen LogP contribution in [0.15, 0.2) is 34.9 Å². The fourth-order valence-corrected chi connectivity index (χ4v) is 9.85. The summed E-state index contributed by atoms with van der Waals surface area (Å²) in [7, 11) is 0. The summed E-state index contributed by atoms with van der Waals surface area (Å²) in [6, 6.07) is 0. The predicted molar refractivity (Wildman–Crippen MR) is 163 cm³/mol. The molecule has 0 aromatic heterocycles. The molecule has 4 rings (SSSR count). The molecule has 0 aromatic rings. The van der Waals surface area contributed by atoms with Crippen LogP contribution in [0.4, 0.5) is 0 Å². The van der Waals surface area contributed by atoms with Gasteiger partial charge in [-0.15, -0.1) is 0 Å². The van der Waals surface area contributed by atoms with E-state index in [4.69, 9.17) is 15.2 Å². The van der Waals surface area contributed by atoms with Gasteiger partial charge < -0.3 is 20.3 Å². The summed E-state index contributed by atoms with van der Waals surface area (Å²) in [5.41, 5.74) is 9.93. The van der Waals surface area contributed by atoms with Crippen molar-refractivity contribution in [3.8, 4) is 0 Å². The number of aliphatic hydroxyl groups excluding tert-OH is 1. The number of esters is 2. The van der Waals surface area contributed by atoms with E-state index in [2.05, 4.69) is 68.0 Å². The molecule has 4 aliphatic rings. The molecular weight excluding hydrogens is 514 g/mol. The van der Waals surface area contributed by atoms with Crippen molar-refractivity contribution in [2.45, 2.75) is 119 Å². The molecule has 3 N–H and O–H groups in total. The molecule has 6 heteroatoms. The quantitative estimate of drug-likeness (QED) is 0.255. The van der Waals surface area contributed by atoms with E-state index >= 15 is 0 Å². The zero-order chi connectivity index (χ0) is 30.7. The molecule has 0 bridgehead atoms. The Hall–Kier alpha value is -1.92. The smallest absolute Gasteiger partial charge is 0.320 e. The van der Waals surface area contributed by atoms with Gasteiger partial charge in [0.05, 0.1) is 12.6 Å². The molecule has 41 heavy (non-hydrogen) atoms. The summed E-state index contributed by atoms with van der Waals surface area (Å²) < 4.78 is 12.1. The molecule has 0 heterocycles. The molecule has 0 radical (unpaired) electrons. The van der Waals surface area contributed by atoms with Crippen LogP contribution in [0, 0.1) is 45.8 Å². The topological polar surface area (TPSA) is 98.9 Å². The first-order chi connectivity index (χ1) is 19.0. The molecule has 1 saturated carbocycles. The van der Waals surface area contributed by atoms with Crippen molar-refractivity contribution in [2.24, 2.45) is 51.6 Å². The number of aliphatic hydroxyl groups is 1. The van der Waals surface area contributed by atoms with E-state index in [-0.39, 0.29) is 41.3 Å². The predicted octanol–water partition coefficient (Wildman–Crippen LogP) is 6.52. The Morgan fingerprint density at radius 2 is 1.83 bits per heavy atom. The molecule has 0 saturated heterocycles. The van der Waals surface area contributed by atoms with Crippen molar-refractivity contribution in [1.29, 1.82) is 0 Å². The van der Waals surface area contributed by atoms with E-state index in [0.29, 0.717) is 24.2 Å². The maximum absolute atomic E-state index is 12.7. The Morgan fingerprint density at radius 1 is 1.17 bits per heavy atom. The van der Waals surface area contributed by atoms with Crippen LogP contribution in [-0.2, 0) is 19.1 Å². The van der Waals surface area contributed by atoms with Crippen LogP contribution in [0.2, 0.25) is 0 Å². The summed E-state index contributed by atoms with van der Waals surface area (Å²) in [5.74, 6) is 0.755. The second-order valence-corrected chi connectivity index (χ2v) is 15.0. The highest BCUT2D eigenvalue weighted by Gasteiger charge is 2.64. The maximum Gasteiger partial charge on any atom is 0.320 e. The minimum atomic E-state index is -0.775. The van der Waals surface area contributed by atoms with Crippen molar-refractivity contribution in [3.05, 3.63) is 34.9 Å². The second-order valence-electron chi connectivity index (χ2n) is 15.0. The number of allylic oxidation sites excluding steroid dienone is 3. The summed E-state index contributed by atoms with van der Waals surface area (Å²) in [6.07, 6.45) is 6.25. The molecule has 230 valence electrons. The van der Waals surface area contributed by atoms with Crippen LogP contribution in [0.3, 0.4) is 0 Å². The Labute approximate surface area is 248 Å². The van der Waals surface area contributed by atoms with Crippen LogP contribution < -0.4 is 5.73 Å². The first-order valence-corrected chi connectivity index (χ1v) is 15.9. The minimum Gasteiger partial charge on any atom is -0.461 e. The molecule has 9 atom stereocenters. The second kappa shape index (κ2) is 11.3. The number of ether oxygens (including phenoxy) is 2. The molecule has 0 amide bonds. The molecule has 0 spiro atoms. The van der Waals surface area contributed by atoms with Crippen molar-refractivity contribution < 1.29 is 24.2 Å². The molecule has 0 aliphatic heterocycles. The number of nitrogens with two attached hydrogens (primary N) is 1. The van der Waals surface area contributed by atoms with Crippen LogP contribution in [0.25, 0.3) is 0 Å². The van der Waals surface area contributed by atoms with Gasteiger partial charge in [-0.2, -0.15) is 0 Å². The lowest BCUT2D eigenvalue weighted by atomic mass is 9.44. The lowest BCUT2D eigenvalue weighted by Crippen LogP contribution is -2.62. The number of hydrogen-bond donors (Lipinski definition) is 2. The minimum absolute atomic E-state index is 0.000757. The van der Waals surface area contributed by atoms with Gasteiger partial charge in [0.25, 0.3) is 0 Å². The first kappa shape index (κ1) is 32.0. The molecule has 2 unspecified atom stereocenters. The average Bonchev–Trinajstić information content (AvgIpc) is 3.25. The zero-order valence-electron chi connectivity index (χ0n) is 27.0. The van der Waals surface area contributed by atoms with Gasteiger partial charge in [-0.25, -0.2) is 0 Å². The average molecular weight is 570 g/mol. The van der Waals surface area contributed by atoms with Crippen molar-refractivity contribution in [1.82, 2.24) is 0 Å². The Balaban J connectivity index is 1.79. The SMILES string of the molecule is C=C(CC[C@@H](C)[C@H]1CC=C2C3=C([C@@H](C)[C@H](OC(C)=O)C21C)C1(C)C[C@@H](OC(=O)CN)[C@H](O)C(C)(C)[C@@H]1CC3)C(C)C. The Kier molecular flexibility index (Phi) is 8.82. The van der Waals surface area contributed by atoms with Crippen LogP contribution in [-0.4, -0.2) is 41.9 Å². The van der Waals surface area contributed by atoms with Gasteiger partial charge in [-0.3, -0.25) is 9.59 Å². The van der Waals surface area contributed by atoms with E-state index in [1.54, 1.807) is 0 Å². The summed E-state index contributed by atoms with van der Waals surface area (Å²) in [5, 5.41) is 11.4. The van der Waals surface area contributed by atoms with Crippen molar-refractivity contribution >= 4 is 11.9 Å². The van der Waals surface area contributed by atoms with E-state index < -0.39 is 23.6 Å². The Morgan fingerprint density at radius 3 is 2.41 bits per heavy atom. The maximum atomic E-state index is 12.7. The molecular formula is C35H55NO5. The fourth-order valence-electron chi connectivity index (χ4n) is 9.85. The number of fused-ring (bicyclic) bond motifs is 4. The molecule has 0 aromatic carbocycles. The number of hydrogen-bond acceptors (Lipinski definition) is 6.